The van der Waals surface area contributed by atoms with E-state index < -0.39 is 7.82 Å². The molecule has 48 valence electrons. The minimum absolute atomic E-state index is 0. The Morgan fingerprint density at radius 2 is 1.14 bits per heavy atom. The summed E-state index contributed by atoms with van der Waals surface area (Å²) in [5.41, 5.74) is 0. The molecule has 7 heteroatoms. The van der Waals surface area contributed by atoms with E-state index in [1.165, 1.54) is 0 Å². The number of hydrogen-bond donors (Lipinski definition) is 3. The molecule has 0 radical (unpaired) electrons. The normalized spacial score (nSPS) is 8.43. The fraction of sp³-hybridized carbons (Fsp3) is 0. The van der Waals surface area contributed by atoms with Crippen LogP contribution in [0.25, 0.3) is 0 Å². The molecule has 0 aromatic carbocycles. The molecule has 0 heterocycles. The second-order valence-corrected chi connectivity index (χ2v) is 1.54. The van der Waals surface area contributed by atoms with Crippen LogP contribution in [0.3, 0.4) is 0 Å². The Hall–Kier alpha value is 1.06. The van der Waals surface area contributed by atoms with E-state index in [-0.39, 0.29) is 27.0 Å². The third-order valence-electron chi connectivity index (χ3n) is 0. The molecule has 0 spiro atoms. The van der Waals surface area contributed by atoms with Gasteiger partial charge in [0.2, 0.25) is 0 Å². The van der Waals surface area contributed by atoms with Crippen molar-refractivity contribution < 1.29 is 36.3 Å². The standard InChI is InChI=1S/Fe.H3O4P.H3P/c;1-5(2,3)4;/h;(H3,1,2,3,4);1H3. The summed E-state index contributed by atoms with van der Waals surface area (Å²) < 4.78 is 8.88. The molecule has 0 aliphatic carbocycles. The Kier molecular flexibility index (Phi) is 11.7. The molecule has 0 fully saturated rings. The maximum atomic E-state index is 8.88. The van der Waals surface area contributed by atoms with Gasteiger partial charge < -0.3 is 14.7 Å². The van der Waals surface area contributed by atoms with Gasteiger partial charge in [-0.2, -0.15) is 9.90 Å². The zero-order valence-electron chi connectivity index (χ0n) is 3.26. The predicted molar refractivity (Wildman–Crippen MR) is 25.4 cm³/mol. The van der Waals surface area contributed by atoms with Crippen LogP contribution in [0.5, 0.6) is 0 Å². The molecule has 0 saturated carbocycles. The van der Waals surface area contributed by atoms with Crippen molar-refractivity contribution in [1.82, 2.24) is 0 Å². The second kappa shape index (κ2) is 5.20. The Morgan fingerprint density at radius 3 is 1.14 bits per heavy atom. The molecule has 0 rings (SSSR count). The molecule has 0 aromatic heterocycles. The van der Waals surface area contributed by atoms with Crippen molar-refractivity contribution in [2.24, 2.45) is 0 Å². The van der Waals surface area contributed by atoms with Crippen molar-refractivity contribution in [1.29, 1.82) is 0 Å². The van der Waals surface area contributed by atoms with Crippen LogP contribution in [-0.4, -0.2) is 14.7 Å². The predicted octanol–water partition coefficient (Wildman–Crippen LogP) is -0.873. The van der Waals surface area contributed by atoms with Gasteiger partial charge in [-0.15, -0.1) is 0 Å². The van der Waals surface area contributed by atoms with Crippen LogP contribution in [0, 0.1) is 0 Å². The van der Waals surface area contributed by atoms with E-state index >= 15 is 0 Å². The first-order valence-electron chi connectivity index (χ1n) is 0.783. The van der Waals surface area contributed by atoms with E-state index in [1.54, 1.807) is 0 Å². The third kappa shape index (κ3) is 161. The van der Waals surface area contributed by atoms with E-state index in [0.29, 0.717) is 0 Å². The molecule has 0 saturated heterocycles. The largest absolute Gasteiger partial charge is 0.466 e. The molecule has 0 aliphatic heterocycles. The molecular weight excluding hydrogens is 182 g/mol. The summed E-state index contributed by atoms with van der Waals surface area (Å²) in [6.07, 6.45) is 0. The minimum Gasteiger partial charge on any atom is -0.303 e. The average molecular weight is 188 g/mol. The van der Waals surface area contributed by atoms with Gasteiger partial charge >= 0.3 is 7.82 Å². The summed E-state index contributed by atoms with van der Waals surface area (Å²) in [4.78, 5) is 21.6. The van der Waals surface area contributed by atoms with E-state index in [2.05, 4.69) is 0 Å². The Bertz CT molecular complexity index is 55.8. The van der Waals surface area contributed by atoms with Crippen LogP contribution in [0.2, 0.25) is 0 Å². The molecule has 0 aliphatic rings. The first-order chi connectivity index (χ1) is 2.00. The van der Waals surface area contributed by atoms with Crippen molar-refractivity contribution in [3.8, 4) is 0 Å². The van der Waals surface area contributed by atoms with Crippen LogP contribution >= 0.6 is 17.7 Å². The summed E-state index contributed by atoms with van der Waals surface area (Å²) in [6.45, 7) is 0. The van der Waals surface area contributed by atoms with Crippen molar-refractivity contribution >= 4 is 17.7 Å². The average Bonchev–Trinajstić information content (AvgIpc) is 0.722. The van der Waals surface area contributed by atoms with Crippen LogP contribution in [0.4, 0.5) is 0 Å². The second-order valence-electron chi connectivity index (χ2n) is 0.513. The van der Waals surface area contributed by atoms with Gasteiger partial charge in [-0.1, -0.05) is 0 Å². The summed E-state index contributed by atoms with van der Waals surface area (Å²) in [5, 5.41) is 0. The van der Waals surface area contributed by atoms with Gasteiger partial charge in [-0.25, -0.2) is 4.57 Å². The van der Waals surface area contributed by atoms with Gasteiger partial charge in [0.1, 0.15) is 0 Å². The number of hydrogen-bond acceptors (Lipinski definition) is 1. The van der Waals surface area contributed by atoms with Crippen molar-refractivity contribution in [3.63, 3.8) is 0 Å². The Labute approximate surface area is 54.7 Å². The van der Waals surface area contributed by atoms with Crippen LogP contribution in [0.15, 0.2) is 0 Å². The molecule has 7 heavy (non-hydrogen) atoms. The monoisotopic (exact) mass is 188 g/mol. The van der Waals surface area contributed by atoms with Crippen molar-refractivity contribution in [3.05, 3.63) is 0 Å². The summed E-state index contributed by atoms with van der Waals surface area (Å²) >= 11 is 0. The topological polar surface area (TPSA) is 77.8 Å². The van der Waals surface area contributed by atoms with Crippen LogP contribution < -0.4 is 0 Å². The molecule has 1 atom stereocenters. The molecule has 0 amide bonds. The van der Waals surface area contributed by atoms with Gasteiger partial charge in [0.15, 0.2) is 0 Å². The van der Waals surface area contributed by atoms with Gasteiger partial charge in [0.05, 0.1) is 0 Å². The summed E-state index contributed by atoms with van der Waals surface area (Å²) in [5.74, 6) is 0. The maximum Gasteiger partial charge on any atom is 0.466 e. The maximum absolute atomic E-state index is 8.88. The minimum atomic E-state index is -4.64. The molecule has 0 aromatic rings. The number of rotatable bonds is 0. The van der Waals surface area contributed by atoms with E-state index in [9.17, 15) is 0 Å². The first kappa shape index (κ1) is 15.7. The van der Waals surface area contributed by atoms with Gasteiger partial charge in [0.25, 0.3) is 0 Å². The Balaban J connectivity index is -0.0000000800. The third-order valence-corrected chi connectivity index (χ3v) is 0. The van der Waals surface area contributed by atoms with E-state index in [4.69, 9.17) is 19.2 Å². The number of phosphoric acid groups is 1. The molecule has 1 unspecified atom stereocenters. The van der Waals surface area contributed by atoms with Gasteiger partial charge in [-0.05, 0) is 0 Å². The van der Waals surface area contributed by atoms with E-state index in [0.717, 1.165) is 0 Å². The summed E-state index contributed by atoms with van der Waals surface area (Å²) in [6, 6.07) is 0. The molecular formula is H6FeO4P2. The van der Waals surface area contributed by atoms with Gasteiger partial charge in [-0.3, -0.25) is 0 Å². The molecule has 0 bridgehead atoms. The van der Waals surface area contributed by atoms with Crippen molar-refractivity contribution in [2.75, 3.05) is 0 Å². The van der Waals surface area contributed by atoms with Gasteiger partial charge in [0, 0.05) is 17.1 Å². The first-order valence-corrected chi connectivity index (χ1v) is 2.35. The smallest absolute Gasteiger partial charge is 0.303 e. The summed E-state index contributed by atoms with van der Waals surface area (Å²) in [7, 11) is -4.64. The fourth-order valence-corrected chi connectivity index (χ4v) is 0. The SMILES string of the molecule is O=P(O)(O)O.P.[Fe]. The molecule has 3 N–H and O–H groups in total. The zero-order chi connectivity index (χ0) is 4.50. The van der Waals surface area contributed by atoms with Crippen LogP contribution in [-0.2, 0) is 21.6 Å². The molecule has 4 nitrogen and oxygen atoms in total. The van der Waals surface area contributed by atoms with E-state index in [1.807, 2.05) is 0 Å². The van der Waals surface area contributed by atoms with Crippen molar-refractivity contribution in [2.45, 2.75) is 0 Å². The fourth-order valence-electron chi connectivity index (χ4n) is 0. The zero-order valence-corrected chi connectivity index (χ0v) is 6.67. The Morgan fingerprint density at radius 1 is 1.14 bits per heavy atom. The van der Waals surface area contributed by atoms with Crippen LogP contribution in [0.1, 0.15) is 0 Å². The quantitative estimate of drug-likeness (QED) is 0.341.